The molecule has 0 fully saturated rings. The van der Waals surface area contributed by atoms with Crippen LogP contribution in [0.3, 0.4) is 0 Å². The van der Waals surface area contributed by atoms with E-state index in [1.807, 2.05) is 18.2 Å². The minimum absolute atomic E-state index is 0.0147. The average molecular weight is 333 g/mol. The average Bonchev–Trinajstić information content (AvgIpc) is 2.57. The topological polar surface area (TPSA) is 95.7 Å². The molecule has 0 spiro atoms. The lowest BCUT2D eigenvalue weighted by Crippen LogP contribution is -2.48. The molecule has 0 amide bonds. The van der Waals surface area contributed by atoms with Crippen LogP contribution in [0.25, 0.3) is 0 Å². The zero-order valence-electron chi connectivity index (χ0n) is 13.6. The molecule has 0 N–H and O–H groups in total. The summed E-state index contributed by atoms with van der Waals surface area (Å²) in [6.45, 7) is -0.574. The third kappa shape index (κ3) is 3.02. The SMILES string of the molecule is COC(=O)C1(C(=O)OC)C/C=C\Cc2ccccc2[C@@H]1C[N+](=O)[O-]. The molecule has 24 heavy (non-hydrogen) atoms. The Bertz CT molecular complexity index is 665. The fraction of sp³-hybridized carbons (Fsp3) is 0.412. The molecule has 7 heteroatoms. The molecule has 0 bridgehead atoms. The number of hydrogen-bond donors (Lipinski definition) is 0. The Balaban J connectivity index is 2.74. The molecule has 0 aromatic heterocycles. The monoisotopic (exact) mass is 333 g/mol. The molecule has 1 aromatic rings. The van der Waals surface area contributed by atoms with Gasteiger partial charge in [0.2, 0.25) is 6.54 Å². The van der Waals surface area contributed by atoms with Crippen molar-refractivity contribution in [2.24, 2.45) is 5.41 Å². The number of carbonyl (C=O) groups is 2. The number of hydrogen-bond acceptors (Lipinski definition) is 6. The van der Waals surface area contributed by atoms with E-state index in [0.29, 0.717) is 12.0 Å². The van der Waals surface area contributed by atoms with Crippen molar-refractivity contribution in [1.82, 2.24) is 0 Å². The van der Waals surface area contributed by atoms with Crippen molar-refractivity contribution in [3.8, 4) is 0 Å². The predicted molar refractivity (Wildman–Crippen MR) is 85.0 cm³/mol. The number of rotatable bonds is 4. The van der Waals surface area contributed by atoms with E-state index < -0.39 is 34.7 Å². The quantitative estimate of drug-likeness (QED) is 0.274. The molecule has 1 aliphatic carbocycles. The highest BCUT2D eigenvalue weighted by Crippen LogP contribution is 2.44. The van der Waals surface area contributed by atoms with Gasteiger partial charge in [-0.05, 0) is 24.0 Å². The number of fused-ring (bicyclic) bond motifs is 1. The first kappa shape index (κ1) is 17.7. The second-order valence-electron chi connectivity index (χ2n) is 5.60. The van der Waals surface area contributed by atoms with E-state index in [1.165, 1.54) is 0 Å². The highest BCUT2D eigenvalue weighted by Gasteiger charge is 2.56. The predicted octanol–water partition coefficient (Wildman–Crippen LogP) is 1.88. The molecule has 1 atom stereocenters. The first-order chi connectivity index (χ1) is 11.5. The molecular formula is C17H19NO6. The maximum Gasteiger partial charge on any atom is 0.324 e. The Morgan fingerprint density at radius 1 is 1.21 bits per heavy atom. The van der Waals surface area contributed by atoms with E-state index in [9.17, 15) is 19.7 Å². The molecule has 0 saturated carbocycles. The van der Waals surface area contributed by atoms with Gasteiger partial charge in [0.15, 0.2) is 5.41 Å². The number of carbonyl (C=O) groups excluding carboxylic acids is 2. The van der Waals surface area contributed by atoms with Crippen molar-refractivity contribution in [3.63, 3.8) is 0 Å². The highest BCUT2D eigenvalue weighted by atomic mass is 16.6. The second-order valence-corrected chi connectivity index (χ2v) is 5.60. The molecule has 128 valence electrons. The Morgan fingerprint density at radius 2 is 1.83 bits per heavy atom. The molecule has 7 nitrogen and oxygen atoms in total. The lowest BCUT2D eigenvalue weighted by atomic mass is 9.67. The van der Waals surface area contributed by atoms with Gasteiger partial charge in [0.25, 0.3) is 0 Å². The summed E-state index contributed by atoms with van der Waals surface area (Å²) in [4.78, 5) is 35.9. The summed E-state index contributed by atoms with van der Waals surface area (Å²) in [5.74, 6) is -2.64. The number of benzene rings is 1. The van der Waals surface area contributed by atoms with Gasteiger partial charge in [0.05, 0.1) is 20.1 Å². The van der Waals surface area contributed by atoms with Crippen LogP contribution in [-0.4, -0.2) is 37.6 Å². The van der Waals surface area contributed by atoms with Crippen molar-refractivity contribution in [1.29, 1.82) is 0 Å². The number of allylic oxidation sites excluding steroid dienone is 2. The molecule has 2 rings (SSSR count). The molecule has 0 heterocycles. The van der Waals surface area contributed by atoms with E-state index >= 15 is 0 Å². The Morgan fingerprint density at radius 3 is 2.42 bits per heavy atom. The van der Waals surface area contributed by atoms with Crippen LogP contribution in [0.2, 0.25) is 0 Å². The van der Waals surface area contributed by atoms with E-state index in [0.717, 1.165) is 19.8 Å². The van der Waals surface area contributed by atoms with Crippen LogP contribution in [-0.2, 0) is 25.5 Å². The summed E-state index contributed by atoms with van der Waals surface area (Å²) in [6.07, 6.45) is 4.07. The molecule has 1 aromatic carbocycles. The van der Waals surface area contributed by atoms with Crippen LogP contribution in [0.4, 0.5) is 0 Å². The fourth-order valence-electron chi connectivity index (χ4n) is 3.25. The van der Waals surface area contributed by atoms with Crippen LogP contribution >= 0.6 is 0 Å². The minimum Gasteiger partial charge on any atom is -0.468 e. The van der Waals surface area contributed by atoms with E-state index in [-0.39, 0.29) is 6.42 Å². The van der Waals surface area contributed by atoms with Gasteiger partial charge in [-0.1, -0.05) is 36.4 Å². The zero-order chi connectivity index (χ0) is 17.7. The van der Waals surface area contributed by atoms with Crippen molar-refractivity contribution < 1.29 is 24.0 Å². The summed E-state index contributed by atoms with van der Waals surface area (Å²) in [5, 5.41) is 11.3. The first-order valence-corrected chi connectivity index (χ1v) is 7.48. The van der Waals surface area contributed by atoms with Crippen LogP contribution in [0.15, 0.2) is 36.4 Å². The lowest BCUT2D eigenvalue weighted by molar-refractivity contribution is -0.485. The maximum atomic E-state index is 12.6. The van der Waals surface area contributed by atoms with Crippen molar-refractivity contribution in [2.45, 2.75) is 18.8 Å². The largest absolute Gasteiger partial charge is 0.468 e. The molecule has 0 unspecified atom stereocenters. The first-order valence-electron chi connectivity index (χ1n) is 7.48. The number of ether oxygens (including phenoxy) is 2. The third-order valence-electron chi connectivity index (χ3n) is 4.40. The van der Waals surface area contributed by atoms with Crippen molar-refractivity contribution in [3.05, 3.63) is 57.7 Å². The van der Waals surface area contributed by atoms with Crippen LogP contribution in [0.1, 0.15) is 23.5 Å². The fourth-order valence-corrected chi connectivity index (χ4v) is 3.25. The Labute approximate surface area is 139 Å². The van der Waals surface area contributed by atoms with E-state index in [2.05, 4.69) is 0 Å². The highest BCUT2D eigenvalue weighted by molar-refractivity contribution is 6.01. The van der Waals surface area contributed by atoms with Gasteiger partial charge in [-0.15, -0.1) is 0 Å². The van der Waals surface area contributed by atoms with Crippen molar-refractivity contribution in [2.75, 3.05) is 20.8 Å². The van der Waals surface area contributed by atoms with Crippen molar-refractivity contribution >= 4 is 11.9 Å². The maximum absolute atomic E-state index is 12.6. The summed E-state index contributed by atoms with van der Waals surface area (Å²) < 4.78 is 9.69. The molecule has 0 radical (unpaired) electrons. The zero-order valence-corrected chi connectivity index (χ0v) is 13.6. The van der Waals surface area contributed by atoms with Gasteiger partial charge in [-0.2, -0.15) is 0 Å². The van der Waals surface area contributed by atoms with Crippen LogP contribution in [0, 0.1) is 15.5 Å². The third-order valence-corrected chi connectivity index (χ3v) is 4.40. The summed E-state index contributed by atoms with van der Waals surface area (Å²) in [5.41, 5.74) is -0.365. The van der Waals surface area contributed by atoms with Crippen LogP contribution in [0.5, 0.6) is 0 Å². The van der Waals surface area contributed by atoms with Gasteiger partial charge in [-0.25, -0.2) is 0 Å². The van der Waals surface area contributed by atoms with E-state index in [4.69, 9.17) is 9.47 Å². The van der Waals surface area contributed by atoms with Gasteiger partial charge in [0, 0.05) is 4.92 Å². The van der Waals surface area contributed by atoms with Gasteiger partial charge in [0.1, 0.15) is 0 Å². The second kappa shape index (κ2) is 7.25. The Kier molecular flexibility index (Phi) is 5.33. The Hall–Kier alpha value is -2.70. The van der Waals surface area contributed by atoms with Gasteiger partial charge < -0.3 is 9.47 Å². The summed E-state index contributed by atoms with van der Waals surface area (Å²) >= 11 is 0. The molecular weight excluding hydrogens is 314 g/mol. The molecule has 0 aliphatic heterocycles. The number of methoxy groups -OCH3 is 2. The van der Waals surface area contributed by atoms with Gasteiger partial charge in [-0.3, -0.25) is 19.7 Å². The lowest BCUT2D eigenvalue weighted by Gasteiger charge is -2.35. The molecule has 0 saturated heterocycles. The van der Waals surface area contributed by atoms with Gasteiger partial charge >= 0.3 is 11.9 Å². The summed E-state index contributed by atoms with van der Waals surface area (Å²) in [6, 6.07) is 7.09. The minimum atomic E-state index is -1.79. The number of nitrogens with zero attached hydrogens (tertiary/aromatic N) is 1. The normalized spacial score (nSPS) is 20.0. The number of esters is 2. The summed E-state index contributed by atoms with van der Waals surface area (Å²) in [7, 11) is 2.31. The standard InChI is InChI=1S/C17H19NO6/c1-23-15(19)17(16(20)24-2)10-6-5-8-12-7-3-4-9-13(12)14(17)11-18(21)22/h3-7,9,14H,8,10-11H2,1-2H3/b6-5-/t14-/m0/s1. The van der Waals surface area contributed by atoms with Crippen LogP contribution < -0.4 is 0 Å². The smallest absolute Gasteiger partial charge is 0.324 e. The number of nitro groups is 1. The van der Waals surface area contributed by atoms with E-state index in [1.54, 1.807) is 18.2 Å². The molecule has 1 aliphatic rings.